The lowest BCUT2D eigenvalue weighted by Crippen LogP contribution is -2.24. The smallest absolute Gasteiger partial charge is 0.0703 e. The molecular formula is C10H19N3O. The lowest BCUT2D eigenvalue weighted by atomic mass is 9.88. The summed E-state index contributed by atoms with van der Waals surface area (Å²) in [6.07, 6.45) is 1.85. The van der Waals surface area contributed by atoms with Gasteiger partial charge in [-0.15, -0.1) is 0 Å². The van der Waals surface area contributed by atoms with Gasteiger partial charge in [0.2, 0.25) is 0 Å². The summed E-state index contributed by atoms with van der Waals surface area (Å²) in [4.78, 5) is 0. The molecule has 1 aromatic heterocycles. The van der Waals surface area contributed by atoms with Crippen molar-refractivity contribution in [1.29, 1.82) is 0 Å². The van der Waals surface area contributed by atoms with E-state index in [1.807, 2.05) is 0 Å². The highest BCUT2D eigenvalue weighted by molar-refractivity contribution is 5.24. The Labute approximate surface area is 84.5 Å². The lowest BCUT2D eigenvalue weighted by Gasteiger charge is -2.19. The van der Waals surface area contributed by atoms with Gasteiger partial charge < -0.3 is 10.8 Å². The van der Waals surface area contributed by atoms with Crippen LogP contribution in [0, 0.1) is 0 Å². The van der Waals surface area contributed by atoms with Crippen LogP contribution in [-0.2, 0) is 11.8 Å². The third-order valence-electron chi connectivity index (χ3n) is 2.20. The molecule has 1 atom stereocenters. The fraction of sp³-hybridized carbons (Fsp3) is 0.700. The van der Waals surface area contributed by atoms with E-state index >= 15 is 0 Å². The minimum atomic E-state index is -0.478. The molecule has 1 heterocycles. The zero-order valence-electron chi connectivity index (χ0n) is 9.04. The molecule has 0 aromatic carbocycles. The van der Waals surface area contributed by atoms with Crippen molar-refractivity contribution in [3.8, 4) is 0 Å². The molecule has 4 heteroatoms. The monoisotopic (exact) mass is 197 g/mol. The van der Waals surface area contributed by atoms with E-state index in [0.29, 0.717) is 6.42 Å². The Balaban J connectivity index is 2.83. The summed E-state index contributed by atoms with van der Waals surface area (Å²) in [5.74, 6) is 0. The summed E-state index contributed by atoms with van der Waals surface area (Å²) in [6, 6.07) is 0. The Morgan fingerprint density at radius 1 is 1.57 bits per heavy atom. The number of aliphatic hydroxyl groups excluding tert-OH is 1. The molecule has 0 radical (unpaired) electrons. The van der Waals surface area contributed by atoms with E-state index in [1.165, 1.54) is 0 Å². The van der Waals surface area contributed by atoms with Gasteiger partial charge >= 0.3 is 0 Å². The van der Waals surface area contributed by atoms with Gasteiger partial charge in [-0.25, -0.2) is 0 Å². The van der Waals surface area contributed by atoms with Crippen LogP contribution < -0.4 is 5.73 Å². The molecule has 0 bridgehead atoms. The molecule has 0 spiro atoms. The summed E-state index contributed by atoms with van der Waals surface area (Å²) < 4.78 is 0. The Morgan fingerprint density at radius 2 is 2.21 bits per heavy atom. The highest BCUT2D eigenvalue weighted by Crippen LogP contribution is 2.23. The third-order valence-corrected chi connectivity index (χ3v) is 2.20. The van der Waals surface area contributed by atoms with Crippen LogP contribution in [0.5, 0.6) is 0 Å². The van der Waals surface area contributed by atoms with E-state index in [1.54, 1.807) is 6.20 Å². The second kappa shape index (κ2) is 4.11. The molecular weight excluding hydrogens is 178 g/mol. The number of hydrogen-bond donors (Lipinski definition) is 3. The van der Waals surface area contributed by atoms with E-state index in [-0.39, 0.29) is 12.0 Å². The van der Waals surface area contributed by atoms with Crippen molar-refractivity contribution in [2.45, 2.75) is 38.7 Å². The molecule has 0 saturated carbocycles. The molecule has 0 amide bonds. The maximum absolute atomic E-state index is 9.45. The third kappa shape index (κ3) is 2.56. The Hall–Kier alpha value is -0.870. The average Bonchev–Trinajstić information content (AvgIpc) is 2.51. The lowest BCUT2D eigenvalue weighted by molar-refractivity contribution is 0.183. The van der Waals surface area contributed by atoms with Crippen molar-refractivity contribution in [2.24, 2.45) is 5.73 Å². The molecule has 14 heavy (non-hydrogen) atoms. The van der Waals surface area contributed by atoms with Crippen LogP contribution >= 0.6 is 0 Å². The number of hydrogen-bond acceptors (Lipinski definition) is 3. The van der Waals surface area contributed by atoms with E-state index in [0.717, 1.165) is 11.3 Å². The van der Waals surface area contributed by atoms with E-state index in [2.05, 4.69) is 31.0 Å². The van der Waals surface area contributed by atoms with Gasteiger partial charge in [0, 0.05) is 24.1 Å². The maximum Gasteiger partial charge on any atom is 0.0703 e. The standard InChI is InChI=1S/C10H19N3O/c1-10(2,3)9-7(6-12-13-9)4-8(14)5-11/h6,8,14H,4-5,11H2,1-3H3,(H,12,13). The van der Waals surface area contributed by atoms with Crippen LogP contribution in [0.3, 0.4) is 0 Å². The van der Waals surface area contributed by atoms with Gasteiger partial charge in [-0.05, 0) is 5.56 Å². The molecule has 0 aliphatic rings. The molecule has 0 saturated heterocycles. The molecule has 1 rings (SSSR count). The molecule has 0 fully saturated rings. The molecule has 1 aromatic rings. The second-order valence-electron chi connectivity index (χ2n) is 4.61. The number of aromatic nitrogens is 2. The Kier molecular flexibility index (Phi) is 3.29. The highest BCUT2D eigenvalue weighted by Gasteiger charge is 2.20. The highest BCUT2D eigenvalue weighted by atomic mass is 16.3. The zero-order chi connectivity index (χ0) is 10.8. The first kappa shape index (κ1) is 11.2. The van der Waals surface area contributed by atoms with E-state index < -0.39 is 6.10 Å². The van der Waals surface area contributed by atoms with Gasteiger partial charge in [0.05, 0.1) is 12.3 Å². The van der Waals surface area contributed by atoms with Crippen LogP contribution in [0.4, 0.5) is 0 Å². The number of nitrogens with two attached hydrogens (primary N) is 1. The van der Waals surface area contributed by atoms with Gasteiger partial charge in [0.15, 0.2) is 0 Å². The fourth-order valence-corrected chi connectivity index (χ4v) is 1.45. The quantitative estimate of drug-likeness (QED) is 0.663. The topological polar surface area (TPSA) is 74.9 Å². The molecule has 0 aliphatic carbocycles. The average molecular weight is 197 g/mol. The van der Waals surface area contributed by atoms with Gasteiger partial charge in [-0.1, -0.05) is 20.8 Å². The van der Waals surface area contributed by atoms with Crippen LogP contribution in [0.1, 0.15) is 32.0 Å². The largest absolute Gasteiger partial charge is 0.391 e. The summed E-state index contributed by atoms with van der Waals surface area (Å²) in [6.45, 7) is 6.62. The van der Waals surface area contributed by atoms with Crippen molar-refractivity contribution >= 4 is 0 Å². The van der Waals surface area contributed by atoms with Crippen molar-refractivity contribution < 1.29 is 5.11 Å². The first-order chi connectivity index (χ1) is 6.45. The van der Waals surface area contributed by atoms with Crippen molar-refractivity contribution in [3.05, 3.63) is 17.5 Å². The number of nitrogens with zero attached hydrogens (tertiary/aromatic N) is 1. The molecule has 0 aliphatic heterocycles. The number of nitrogens with one attached hydrogen (secondary N) is 1. The first-order valence-corrected chi connectivity index (χ1v) is 4.86. The van der Waals surface area contributed by atoms with Gasteiger partial charge in [-0.3, -0.25) is 5.10 Å². The van der Waals surface area contributed by atoms with Crippen molar-refractivity contribution in [1.82, 2.24) is 10.2 Å². The molecule has 4 N–H and O–H groups in total. The molecule has 80 valence electrons. The normalized spacial score (nSPS) is 14.4. The van der Waals surface area contributed by atoms with Crippen molar-refractivity contribution in [3.63, 3.8) is 0 Å². The number of H-pyrrole nitrogens is 1. The predicted molar refractivity (Wildman–Crippen MR) is 56.1 cm³/mol. The maximum atomic E-state index is 9.45. The summed E-state index contributed by atoms with van der Waals surface area (Å²) in [7, 11) is 0. The summed E-state index contributed by atoms with van der Waals surface area (Å²) >= 11 is 0. The van der Waals surface area contributed by atoms with E-state index in [9.17, 15) is 5.11 Å². The number of rotatable bonds is 3. The minimum Gasteiger partial charge on any atom is -0.391 e. The SMILES string of the molecule is CC(C)(C)c1[nH]ncc1CC(O)CN. The number of aliphatic hydroxyl groups is 1. The zero-order valence-corrected chi connectivity index (χ0v) is 9.04. The van der Waals surface area contributed by atoms with Gasteiger partial charge in [0.25, 0.3) is 0 Å². The summed E-state index contributed by atoms with van der Waals surface area (Å²) in [5.41, 5.74) is 7.52. The first-order valence-electron chi connectivity index (χ1n) is 4.86. The van der Waals surface area contributed by atoms with Gasteiger partial charge in [-0.2, -0.15) is 5.10 Å². The van der Waals surface area contributed by atoms with Crippen molar-refractivity contribution in [2.75, 3.05) is 6.54 Å². The van der Waals surface area contributed by atoms with Crippen LogP contribution in [0.25, 0.3) is 0 Å². The van der Waals surface area contributed by atoms with E-state index in [4.69, 9.17) is 5.73 Å². The summed E-state index contributed by atoms with van der Waals surface area (Å²) in [5, 5.41) is 16.4. The second-order valence-corrected chi connectivity index (χ2v) is 4.61. The van der Waals surface area contributed by atoms with Crippen LogP contribution in [-0.4, -0.2) is 28.0 Å². The van der Waals surface area contributed by atoms with Gasteiger partial charge in [0.1, 0.15) is 0 Å². The fourth-order valence-electron chi connectivity index (χ4n) is 1.45. The molecule has 4 nitrogen and oxygen atoms in total. The minimum absolute atomic E-state index is 0.0279. The van der Waals surface area contributed by atoms with Crippen LogP contribution in [0.2, 0.25) is 0 Å². The Morgan fingerprint density at radius 3 is 2.71 bits per heavy atom. The van der Waals surface area contributed by atoms with Crippen LogP contribution in [0.15, 0.2) is 6.20 Å². The Bertz CT molecular complexity index is 288. The predicted octanol–water partition coefficient (Wildman–Crippen LogP) is 0.569. The molecule has 1 unspecified atom stereocenters. The number of aromatic amines is 1.